The molecule has 0 fully saturated rings. The standard InChI is InChI=1S/C9H18NO2.C8H16NO2S.C8H9O3S.C4H10N.C2H5.5Y/c1-6-7-10(5)8(11)12-9(2,3)4;1-8(2,3)11-7(10)9(4)6-12-5;1-7-3-5-8(6-4-7)12(9,10)11-2;1-3-4-5-2;1-2;;;;;/h1,6-7H2,2-5H3;5-6H2,1-4H3;3-6H,2H2,1H3;5H,1,3-4H2,2H3;1H2,2H3;;;;;/q5*-1;;;;;. The van der Waals surface area contributed by atoms with Crippen molar-refractivity contribution in [3.63, 3.8) is 0 Å². The Bertz CT molecular complexity index is 913. The first-order chi connectivity index (χ1) is 19.7. The van der Waals surface area contributed by atoms with Gasteiger partial charge in [-0.15, -0.1) is 0 Å². The number of thioether (sulfide) groups is 1. The molecule has 0 aliphatic rings. The fourth-order valence-electron chi connectivity index (χ4n) is 2.15. The molecule has 0 saturated heterocycles. The van der Waals surface area contributed by atoms with Crippen LogP contribution in [0, 0.1) is 41.1 Å². The zero-order valence-corrected chi connectivity index (χ0v) is 47.2. The van der Waals surface area contributed by atoms with Crippen LogP contribution in [0.3, 0.4) is 0 Å². The van der Waals surface area contributed by atoms with Crippen LogP contribution in [-0.4, -0.2) is 81.7 Å². The summed E-state index contributed by atoms with van der Waals surface area (Å²) in [5.74, 6) is 0.551. The van der Waals surface area contributed by atoms with Crippen molar-refractivity contribution in [1.29, 1.82) is 0 Å². The minimum absolute atomic E-state index is 0. The molecule has 0 saturated carbocycles. The molecule has 1 rings (SSSR count). The van der Waals surface area contributed by atoms with Crippen molar-refractivity contribution in [3.8, 4) is 0 Å². The van der Waals surface area contributed by atoms with E-state index in [0.717, 1.165) is 18.5 Å². The number of rotatable bonds is 8. The smallest absolute Gasteiger partial charge is 0.410 e. The Hall–Kier alpha value is 3.50. The van der Waals surface area contributed by atoms with Gasteiger partial charge in [0.1, 0.15) is 11.2 Å². The second kappa shape index (κ2) is 43.2. The Balaban J connectivity index is -0.0000000590. The maximum Gasteiger partial charge on any atom is 0.410 e. The number of nitrogens with zero attached hydrogens (tertiary/aromatic N) is 2. The largest absolute Gasteiger partial charge is 0.446 e. The van der Waals surface area contributed by atoms with Gasteiger partial charge in [-0.05, 0) is 80.7 Å². The quantitative estimate of drug-likeness (QED) is 0.165. The Kier molecular flexibility index (Phi) is 65.5. The summed E-state index contributed by atoms with van der Waals surface area (Å²) in [5, 5.41) is 2.95. The second-order valence-corrected chi connectivity index (χ2v) is 12.9. The number of carbonyl (C=O) groups excluding carboxylic acids is 2. The molecule has 5 radical (unpaired) electrons. The fourth-order valence-corrected chi connectivity index (χ4v) is 3.13. The van der Waals surface area contributed by atoms with Gasteiger partial charge in [0.05, 0.1) is 4.90 Å². The van der Waals surface area contributed by atoms with Gasteiger partial charge in [-0.3, -0.25) is 6.26 Å². The van der Waals surface area contributed by atoms with Crippen LogP contribution in [0.2, 0.25) is 0 Å². The van der Waals surface area contributed by atoms with Gasteiger partial charge in [-0.25, -0.2) is 16.7 Å². The van der Waals surface area contributed by atoms with Gasteiger partial charge in [0.15, 0.2) is 0 Å². The number of amides is 2. The predicted octanol–water partition coefficient (Wildman–Crippen LogP) is 7.16. The van der Waals surface area contributed by atoms with Crippen LogP contribution in [0.5, 0.6) is 0 Å². The molecule has 0 bridgehead atoms. The molecule has 0 spiro atoms. The first-order valence-electron chi connectivity index (χ1n) is 13.7. The average Bonchev–Trinajstić information content (AvgIpc) is 2.90. The van der Waals surface area contributed by atoms with E-state index in [1.807, 2.05) is 55.5 Å². The van der Waals surface area contributed by atoms with E-state index in [4.69, 9.17) is 9.47 Å². The Morgan fingerprint density at radius 2 is 1.19 bits per heavy atom. The van der Waals surface area contributed by atoms with E-state index in [1.165, 1.54) is 33.7 Å². The third kappa shape index (κ3) is 49.5. The molecule has 1 aromatic carbocycles. The van der Waals surface area contributed by atoms with Gasteiger partial charge < -0.3 is 61.3 Å². The maximum atomic E-state index is 11.2. The first-order valence-corrected chi connectivity index (χ1v) is 16.2. The van der Waals surface area contributed by atoms with Crippen molar-refractivity contribution in [2.45, 2.75) is 84.3 Å². The van der Waals surface area contributed by atoms with Gasteiger partial charge in [0, 0.05) is 184 Å². The van der Waals surface area contributed by atoms with E-state index in [0.29, 0.717) is 18.8 Å². The summed E-state index contributed by atoms with van der Waals surface area (Å²) in [6, 6.07) is 6.36. The predicted molar refractivity (Wildman–Crippen MR) is 180 cm³/mol. The van der Waals surface area contributed by atoms with Crippen molar-refractivity contribution >= 4 is 34.1 Å². The molecule has 0 atom stereocenters. The molecule has 1 N–H and O–H groups in total. The molecule has 0 aromatic heterocycles. The van der Waals surface area contributed by atoms with Gasteiger partial charge in [-0.1, -0.05) is 17.7 Å². The average molecular weight is 1090 g/mol. The van der Waals surface area contributed by atoms with E-state index in [9.17, 15) is 18.0 Å². The molecular weight excluding hydrogens is 1040 g/mol. The van der Waals surface area contributed by atoms with Crippen LogP contribution in [0.4, 0.5) is 9.59 Å². The number of carbonyl (C=O) groups is 2. The van der Waals surface area contributed by atoms with Crippen LogP contribution in [-0.2, 0) is 187 Å². The number of hydrogen-bond donors (Lipinski definition) is 1. The Morgan fingerprint density at radius 1 is 0.812 bits per heavy atom. The summed E-state index contributed by atoms with van der Waals surface area (Å²) in [6.07, 6.45) is 4.67. The summed E-state index contributed by atoms with van der Waals surface area (Å²) in [4.78, 5) is 25.6. The van der Waals surface area contributed by atoms with Gasteiger partial charge in [-0.2, -0.15) is 28.2 Å². The van der Waals surface area contributed by atoms with E-state index < -0.39 is 21.3 Å². The molecular formula is C31H58N3O7S2Y5-5. The molecule has 2 amide bonds. The van der Waals surface area contributed by atoms with Crippen LogP contribution in [0.1, 0.15) is 66.9 Å². The van der Waals surface area contributed by atoms with E-state index in [1.54, 1.807) is 33.2 Å². The Labute approximate surface area is 425 Å². The third-order valence-electron chi connectivity index (χ3n) is 4.08. The van der Waals surface area contributed by atoms with Gasteiger partial charge in [0.25, 0.3) is 10.1 Å². The SMILES string of the molecule is [CH2-]C.[CH2-]CCN(C)C(=O)OC(C)(C)C.[CH2-]CCNC.[CH2-]OS(=O)(=O)c1ccc(C)cc1.[CH2-]SCN(C)C(=O)OC(C)(C)C.[Y].[Y].[Y].[Y].[Y]. The number of benzene rings is 1. The van der Waals surface area contributed by atoms with Crippen molar-refractivity contribution in [2.75, 3.05) is 40.1 Å². The molecule has 17 heteroatoms. The van der Waals surface area contributed by atoms with Crippen LogP contribution in [0.15, 0.2) is 29.2 Å². The second-order valence-electron chi connectivity index (χ2n) is 10.6. The third-order valence-corrected chi connectivity index (χ3v) is 5.81. The molecule has 271 valence electrons. The zero-order chi connectivity index (χ0) is 34.9. The van der Waals surface area contributed by atoms with E-state index in [-0.39, 0.29) is 181 Å². The zero-order valence-electron chi connectivity index (χ0n) is 31.3. The summed E-state index contributed by atoms with van der Waals surface area (Å²) in [5.41, 5.74) is 0.168. The molecule has 48 heavy (non-hydrogen) atoms. The minimum atomic E-state index is -3.63. The van der Waals surface area contributed by atoms with Crippen molar-refractivity contribution in [2.24, 2.45) is 0 Å². The van der Waals surface area contributed by atoms with Gasteiger partial charge in [0.2, 0.25) is 0 Å². The number of hydrogen-bond acceptors (Lipinski definition) is 9. The number of nitrogens with one attached hydrogen (secondary N) is 1. The van der Waals surface area contributed by atoms with Crippen molar-refractivity contribution in [1.82, 2.24) is 15.1 Å². The van der Waals surface area contributed by atoms with Crippen LogP contribution < -0.4 is 5.32 Å². The molecule has 0 aliphatic carbocycles. The van der Waals surface area contributed by atoms with Crippen molar-refractivity contribution < 1.29 is 195 Å². The van der Waals surface area contributed by atoms with Crippen LogP contribution >= 0.6 is 11.8 Å². The summed E-state index contributed by atoms with van der Waals surface area (Å²) >= 11 is 1.34. The normalized spacial score (nSPS) is 9.42. The molecule has 10 nitrogen and oxygen atoms in total. The molecule has 0 unspecified atom stereocenters. The fraction of sp³-hybridized carbons (Fsp3) is 0.581. The summed E-state index contributed by atoms with van der Waals surface area (Å²) in [6.45, 7) is 26.9. The summed E-state index contributed by atoms with van der Waals surface area (Å²) < 4.78 is 36.3. The molecule has 0 aliphatic heterocycles. The Morgan fingerprint density at radius 3 is 1.44 bits per heavy atom. The van der Waals surface area contributed by atoms with Crippen molar-refractivity contribution in [3.05, 3.63) is 64.0 Å². The van der Waals surface area contributed by atoms with Gasteiger partial charge >= 0.3 is 12.2 Å². The maximum absolute atomic E-state index is 11.2. The summed E-state index contributed by atoms with van der Waals surface area (Å²) in [7, 11) is 4.56. The van der Waals surface area contributed by atoms with Crippen LogP contribution in [0.25, 0.3) is 0 Å². The first kappa shape index (κ1) is 72.7. The number of ether oxygens (including phenoxy) is 2. The van der Waals surface area contributed by atoms with E-state index >= 15 is 0 Å². The molecule has 0 heterocycles. The van der Waals surface area contributed by atoms with E-state index in [2.05, 4.69) is 43.6 Å². The minimum Gasteiger partial charge on any atom is -0.446 e. The monoisotopic (exact) mass is 1090 g/mol. The molecule has 1 aromatic rings. The number of aryl methyl sites for hydroxylation is 1. The topological polar surface area (TPSA) is 114 Å².